The van der Waals surface area contributed by atoms with E-state index < -0.39 is 21.9 Å². The first-order chi connectivity index (χ1) is 9.81. The number of nitrogens with zero attached hydrogens (tertiary/aromatic N) is 1. The van der Waals surface area contributed by atoms with Gasteiger partial charge in [-0.05, 0) is 37.6 Å². The van der Waals surface area contributed by atoms with Crippen LogP contribution >= 0.6 is 0 Å². The summed E-state index contributed by atoms with van der Waals surface area (Å²) in [5, 5.41) is 0. The number of benzene rings is 1. The minimum absolute atomic E-state index is 0.101. The van der Waals surface area contributed by atoms with Crippen molar-refractivity contribution in [2.24, 2.45) is 0 Å². The quantitative estimate of drug-likeness (QED) is 0.847. The van der Waals surface area contributed by atoms with E-state index in [2.05, 4.69) is 9.71 Å². The van der Waals surface area contributed by atoms with Crippen molar-refractivity contribution < 1.29 is 12.8 Å². The fraction of sp³-hybridized carbons (Fsp3) is 0.214. The number of sulfonamides is 1. The molecule has 21 heavy (non-hydrogen) atoms. The van der Waals surface area contributed by atoms with Gasteiger partial charge in [0.15, 0.2) is 0 Å². The van der Waals surface area contributed by atoms with Gasteiger partial charge in [-0.1, -0.05) is 6.07 Å². The molecular formula is C14H16FN3O2S. The predicted molar refractivity (Wildman–Crippen MR) is 78.5 cm³/mol. The average molecular weight is 309 g/mol. The summed E-state index contributed by atoms with van der Waals surface area (Å²) in [5.41, 5.74) is 6.66. The van der Waals surface area contributed by atoms with Gasteiger partial charge in [0.1, 0.15) is 5.82 Å². The molecule has 3 N–H and O–H groups in total. The van der Waals surface area contributed by atoms with Crippen molar-refractivity contribution in [2.45, 2.75) is 24.8 Å². The van der Waals surface area contributed by atoms with E-state index in [1.807, 2.05) is 0 Å². The Bertz CT molecular complexity index is 725. The van der Waals surface area contributed by atoms with Crippen LogP contribution in [-0.4, -0.2) is 13.4 Å². The number of hydrogen-bond donors (Lipinski definition) is 2. The number of aromatic nitrogens is 1. The molecular weight excluding hydrogens is 293 g/mol. The zero-order valence-electron chi connectivity index (χ0n) is 11.7. The Balaban J connectivity index is 2.31. The van der Waals surface area contributed by atoms with Crippen LogP contribution in [0.15, 0.2) is 41.6 Å². The minimum atomic E-state index is -3.87. The summed E-state index contributed by atoms with van der Waals surface area (Å²) in [6, 6.07) is 5.18. The van der Waals surface area contributed by atoms with Gasteiger partial charge >= 0.3 is 0 Å². The number of rotatable bonds is 4. The molecule has 7 heteroatoms. The molecule has 2 rings (SSSR count). The lowest BCUT2D eigenvalue weighted by atomic mass is 10.2. The van der Waals surface area contributed by atoms with Gasteiger partial charge in [0.05, 0.1) is 4.90 Å². The molecule has 0 aliphatic carbocycles. The molecule has 0 aliphatic heterocycles. The molecule has 5 nitrogen and oxygen atoms in total. The Morgan fingerprint density at radius 2 is 2.10 bits per heavy atom. The molecule has 1 unspecified atom stereocenters. The molecule has 1 aromatic heterocycles. The van der Waals surface area contributed by atoms with E-state index in [9.17, 15) is 12.8 Å². The molecule has 0 fully saturated rings. The normalized spacial score (nSPS) is 13.1. The highest BCUT2D eigenvalue weighted by atomic mass is 32.2. The van der Waals surface area contributed by atoms with Gasteiger partial charge in [0, 0.05) is 29.7 Å². The lowest BCUT2D eigenvalue weighted by Crippen LogP contribution is -2.27. The molecule has 0 saturated heterocycles. The van der Waals surface area contributed by atoms with Crippen molar-refractivity contribution in [1.29, 1.82) is 0 Å². The van der Waals surface area contributed by atoms with E-state index >= 15 is 0 Å². The Labute approximate surface area is 123 Å². The molecule has 112 valence electrons. The van der Waals surface area contributed by atoms with Crippen LogP contribution in [0.25, 0.3) is 0 Å². The van der Waals surface area contributed by atoms with Crippen LogP contribution < -0.4 is 10.5 Å². The minimum Gasteiger partial charge on any atom is -0.398 e. The Kier molecular flexibility index (Phi) is 4.24. The third-order valence-corrected chi connectivity index (χ3v) is 4.70. The first-order valence-electron chi connectivity index (χ1n) is 6.29. The Morgan fingerprint density at radius 1 is 1.38 bits per heavy atom. The highest BCUT2D eigenvalue weighted by Gasteiger charge is 2.20. The van der Waals surface area contributed by atoms with E-state index in [4.69, 9.17) is 5.73 Å². The smallest absolute Gasteiger partial charge is 0.241 e. The largest absolute Gasteiger partial charge is 0.398 e. The van der Waals surface area contributed by atoms with E-state index in [0.29, 0.717) is 5.56 Å². The first-order valence-corrected chi connectivity index (χ1v) is 7.77. The molecule has 2 aromatic rings. The number of halogens is 1. The summed E-state index contributed by atoms with van der Waals surface area (Å²) >= 11 is 0. The van der Waals surface area contributed by atoms with Crippen molar-refractivity contribution in [3.8, 4) is 0 Å². The topological polar surface area (TPSA) is 85.1 Å². The molecule has 0 aliphatic rings. The molecule has 0 spiro atoms. The van der Waals surface area contributed by atoms with Crippen LogP contribution in [0.5, 0.6) is 0 Å². The zero-order chi connectivity index (χ0) is 15.6. The van der Waals surface area contributed by atoms with Gasteiger partial charge in [-0.3, -0.25) is 4.98 Å². The van der Waals surface area contributed by atoms with Gasteiger partial charge < -0.3 is 5.73 Å². The van der Waals surface area contributed by atoms with Crippen molar-refractivity contribution in [3.63, 3.8) is 0 Å². The van der Waals surface area contributed by atoms with Crippen molar-refractivity contribution in [2.75, 3.05) is 5.73 Å². The van der Waals surface area contributed by atoms with Crippen LogP contribution in [0.4, 0.5) is 10.1 Å². The second kappa shape index (κ2) is 5.79. The number of nitrogens with two attached hydrogens (primary N) is 1. The van der Waals surface area contributed by atoms with Crippen molar-refractivity contribution in [1.82, 2.24) is 9.71 Å². The third-order valence-electron chi connectivity index (χ3n) is 3.18. The van der Waals surface area contributed by atoms with Gasteiger partial charge in [0.25, 0.3) is 0 Å². The monoisotopic (exact) mass is 309 g/mol. The maximum absolute atomic E-state index is 13.6. The highest BCUT2D eigenvalue weighted by Crippen LogP contribution is 2.22. The number of pyridine rings is 1. The number of hydrogen-bond acceptors (Lipinski definition) is 4. The van der Waals surface area contributed by atoms with Crippen LogP contribution in [-0.2, 0) is 10.0 Å². The average Bonchev–Trinajstić information content (AvgIpc) is 2.44. The molecule has 1 heterocycles. The summed E-state index contributed by atoms with van der Waals surface area (Å²) in [6.07, 6.45) is 3.16. The van der Waals surface area contributed by atoms with Gasteiger partial charge in [0.2, 0.25) is 10.0 Å². The van der Waals surface area contributed by atoms with Crippen LogP contribution in [0.2, 0.25) is 0 Å². The standard InChI is InChI=1S/C14H16FN3O2S/c1-9-13(15)6-12(7-14(9)16)21(19,20)18-10(2)11-4-3-5-17-8-11/h3-8,10,18H,16H2,1-2H3. The molecule has 1 atom stereocenters. The second-order valence-corrected chi connectivity index (χ2v) is 6.46. The van der Waals surface area contributed by atoms with Crippen molar-refractivity contribution in [3.05, 3.63) is 53.6 Å². The van der Waals surface area contributed by atoms with E-state index in [1.165, 1.54) is 13.0 Å². The van der Waals surface area contributed by atoms with Crippen LogP contribution in [0.3, 0.4) is 0 Å². The summed E-state index contributed by atoms with van der Waals surface area (Å²) in [6.45, 7) is 3.18. The third kappa shape index (κ3) is 3.37. The first kappa shape index (κ1) is 15.4. The fourth-order valence-corrected chi connectivity index (χ4v) is 3.11. The Morgan fingerprint density at radius 3 is 2.67 bits per heavy atom. The van der Waals surface area contributed by atoms with E-state index in [0.717, 1.165) is 6.07 Å². The molecule has 0 radical (unpaired) electrons. The summed E-state index contributed by atoms with van der Waals surface area (Å²) < 4.78 is 40.7. The van der Waals surface area contributed by atoms with Crippen LogP contribution in [0, 0.1) is 12.7 Å². The lowest BCUT2D eigenvalue weighted by molar-refractivity contribution is 0.563. The maximum atomic E-state index is 13.6. The van der Waals surface area contributed by atoms with Crippen LogP contribution in [0.1, 0.15) is 24.1 Å². The Hall–Kier alpha value is -1.99. The van der Waals surface area contributed by atoms with Gasteiger partial charge in [-0.25, -0.2) is 17.5 Å². The van der Waals surface area contributed by atoms with Gasteiger partial charge in [-0.15, -0.1) is 0 Å². The summed E-state index contributed by atoms with van der Waals surface area (Å²) in [7, 11) is -3.87. The molecule has 1 aromatic carbocycles. The predicted octanol–water partition coefficient (Wildman–Crippen LogP) is 2.15. The molecule has 0 amide bonds. The number of anilines is 1. The number of nitrogens with one attached hydrogen (secondary N) is 1. The summed E-state index contributed by atoms with van der Waals surface area (Å²) in [4.78, 5) is 3.74. The maximum Gasteiger partial charge on any atom is 0.241 e. The highest BCUT2D eigenvalue weighted by molar-refractivity contribution is 7.89. The number of nitrogen functional groups attached to an aromatic ring is 1. The molecule has 0 bridgehead atoms. The lowest BCUT2D eigenvalue weighted by Gasteiger charge is -2.15. The summed E-state index contributed by atoms with van der Waals surface area (Å²) in [5.74, 6) is -0.649. The second-order valence-electron chi connectivity index (χ2n) is 4.75. The SMILES string of the molecule is Cc1c(N)cc(S(=O)(=O)NC(C)c2cccnc2)cc1F. The van der Waals surface area contributed by atoms with Crippen molar-refractivity contribution >= 4 is 15.7 Å². The fourth-order valence-electron chi connectivity index (χ4n) is 1.83. The zero-order valence-corrected chi connectivity index (χ0v) is 12.5. The van der Waals surface area contributed by atoms with E-state index in [-0.39, 0.29) is 16.1 Å². The van der Waals surface area contributed by atoms with E-state index in [1.54, 1.807) is 31.5 Å². The molecule has 0 saturated carbocycles. The van der Waals surface area contributed by atoms with Gasteiger partial charge in [-0.2, -0.15) is 0 Å².